The van der Waals surface area contributed by atoms with Crippen molar-refractivity contribution in [2.45, 2.75) is 40.5 Å². The van der Waals surface area contributed by atoms with Gasteiger partial charge in [-0.25, -0.2) is 0 Å². The summed E-state index contributed by atoms with van der Waals surface area (Å²) in [4.78, 5) is 4.12. The average molecular weight is 285 g/mol. The maximum Gasteiger partial charge on any atom is 0.0386 e. The standard InChI is InChI=1S/C10H13N.C8H12.C2H6/c1-9(11-2)10-7-5-3-4-6-8-10;1-3-5-7-8-6-4-2;1-2/h3,5-8H,4H2,1-2H3;3-4,6-8H,1,5H2,2H3;1-2H3/b;6-4-,8-7?;. The lowest BCUT2D eigenvalue weighted by atomic mass is 10.1. The Morgan fingerprint density at radius 3 is 2.57 bits per heavy atom. The lowest BCUT2D eigenvalue weighted by Crippen LogP contribution is -1.92. The van der Waals surface area contributed by atoms with Gasteiger partial charge in [0.05, 0.1) is 0 Å². The van der Waals surface area contributed by atoms with Gasteiger partial charge in [-0.05, 0) is 32.3 Å². The van der Waals surface area contributed by atoms with Gasteiger partial charge in [0.25, 0.3) is 0 Å². The maximum atomic E-state index is 4.12. The minimum Gasteiger partial charge on any atom is -0.293 e. The van der Waals surface area contributed by atoms with Crippen LogP contribution < -0.4 is 0 Å². The van der Waals surface area contributed by atoms with E-state index in [-0.39, 0.29) is 0 Å². The van der Waals surface area contributed by atoms with Crippen molar-refractivity contribution in [3.8, 4) is 0 Å². The zero-order valence-corrected chi connectivity index (χ0v) is 14.3. The second kappa shape index (κ2) is 18.1. The first kappa shape index (κ1) is 21.4. The van der Waals surface area contributed by atoms with Gasteiger partial charge < -0.3 is 0 Å². The molecule has 0 saturated heterocycles. The van der Waals surface area contributed by atoms with Crippen LogP contribution >= 0.6 is 0 Å². The minimum absolute atomic E-state index is 0.963. The lowest BCUT2D eigenvalue weighted by molar-refractivity contribution is 1.39. The van der Waals surface area contributed by atoms with Gasteiger partial charge in [0.1, 0.15) is 0 Å². The van der Waals surface area contributed by atoms with E-state index in [0.29, 0.717) is 0 Å². The Morgan fingerprint density at radius 1 is 1.29 bits per heavy atom. The Labute approximate surface area is 131 Å². The van der Waals surface area contributed by atoms with Crippen LogP contribution in [-0.4, -0.2) is 12.8 Å². The maximum absolute atomic E-state index is 4.12. The molecular formula is C20H31N. The Hall–Kier alpha value is -1.89. The summed E-state index contributed by atoms with van der Waals surface area (Å²) in [6.07, 6.45) is 22.5. The van der Waals surface area contributed by atoms with Crippen molar-refractivity contribution in [3.63, 3.8) is 0 Å². The predicted molar refractivity (Wildman–Crippen MR) is 100 cm³/mol. The van der Waals surface area contributed by atoms with Crippen LogP contribution in [0.1, 0.15) is 40.5 Å². The summed E-state index contributed by atoms with van der Waals surface area (Å²) in [6, 6.07) is 0. The highest BCUT2D eigenvalue weighted by molar-refractivity contribution is 6.00. The summed E-state index contributed by atoms with van der Waals surface area (Å²) in [5, 5.41) is 0. The zero-order valence-electron chi connectivity index (χ0n) is 14.3. The number of hydrogen-bond donors (Lipinski definition) is 0. The molecule has 0 radical (unpaired) electrons. The summed E-state index contributed by atoms with van der Waals surface area (Å²) >= 11 is 0. The summed E-state index contributed by atoms with van der Waals surface area (Å²) in [5.74, 6) is 0. The van der Waals surface area contributed by atoms with Crippen LogP contribution in [-0.2, 0) is 0 Å². The fraction of sp³-hybridized carbons (Fsp3) is 0.350. The van der Waals surface area contributed by atoms with Crippen LogP contribution in [0.4, 0.5) is 0 Å². The first-order valence-electron chi connectivity index (χ1n) is 7.62. The first-order chi connectivity index (χ1) is 10.3. The van der Waals surface area contributed by atoms with Gasteiger partial charge in [0, 0.05) is 12.8 Å². The van der Waals surface area contributed by atoms with E-state index in [1.165, 1.54) is 5.57 Å². The monoisotopic (exact) mass is 285 g/mol. The van der Waals surface area contributed by atoms with Crippen LogP contribution in [0.25, 0.3) is 0 Å². The number of allylic oxidation sites excluding steroid dienone is 11. The highest BCUT2D eigenvalue weighted by Gasteiger charge is 1.95. The van der Waals surface area contributed by atoms with Crippen molar-refractivity contribution in [2.24, 2.45) is 4.99 Å². The topological polar surface area (TPSA) is 12.4 Å². The van der Waals surface area contributed by atoms with Gasteiger partial charge in [-0.2, -0.15) is 0 Å². The Kier molecular flexibility index (Phi) is 18.5. The molecular weight excluding hydrogens is 254 g/mol. The summed E-state index contributed by atoms with van der Waals surface area (Å²) < 4.78 is 0. The third-order valence-corrected chi connectivity index (χ3v) is 2.48. The quantitative estimate of drug-likeness (QED) is 0.329. The number of rotatable bonds is 4. The van der Waals surface area contributed by atoms with Crippen molar-refractivity contribution < 1.29 is 0 Å². The molecule has 0 saturated carbocycles. The van der Waals surface area contributed by atoms with Crippen LogP contribution in [0.3, 0.4) is 0 Å². The molecule has 21 heavy (non-hydrogen) atoms. The average Bonchev–Trinajstić information content (AvgIpc) is 2.83. The van der Waals surface area contributed by atoms with E-state index in [1.807, 2.05) is 59.0 Å². The highest BCUT2D eigenvalue weighted by atomic mass is 14.7. The van der Waals surface area contributed by atoms with Gasteiger partial charge in [-0.1, -0.05) is 74.6 Å². The molecule has 1 heteroatoms. The van der Waals surface area contributed by atoms with Gasteiger partial charge in [0.2, 0.25) is 0 Å². The molecule has 0 aliphatic heterocycles. The molecule has 1 aliphatic carbocycles. The molecule has 0 aromatic rings. The second-order valence-corrected chi connectivity index (χ2v) is 3.98. The van der Waals surface area contributed by atoms with Crippen molar-refractivity contribution >= 4 is 5.71 Å². The molecule has 0 spiro atoms. The second-order valence-electron chi connectivity index (χ2n) is 3.98. The Bertz CT molecular complexity index is 415. The molecule has 0 atom stereocenters. The molecule has 1 rings (SSSR count). The van der Waals surface area contributed by atoms with E-state index >= 15 is 0 Å². The van der Waals surface area contributed by atoms with E-state index in [2.05, 4.69) is 48.0 Å². The van der Waals surface area contributed by atoms with Gasteiger partial charge in [-0.3, -0.25) is 4.99 Å². The Morgan fingerprint density at radius 2 is 2.00 bits per heavy atom. The van der Waals surface area contributed by atoms with Crippen molar-refractivity contribution in [2.75, 3.05) is 7.05 Å². The smallest absolute Gasteiger partial charge is 0.0386 e. The third-order valence-electron chi connectivity index (χ3n) is 2.48. The van der Waals surface area contributed by atoms with Crippen molar-refractivity contribution in [1.29, 1.82) is 0 Å². The molecule has 0 amide bonds. The number of hydrogen-bond acceptors (Lipinski definition) is 1. The SMILES string of the molecule is C=CCC=C/C=C\C.CC.CN=C(C)C1=CC=CCC=C1. The molecule has 0 unspecified atom stereocenters. The van der Waals surface area contributed by atoms with Crippen LogP contribution in [0.15, 0.2) is 77.9 Å². The molecule has 0 fully saturated rings. The molecule has 0 aromatic carbocycles. The molecule has 1 aliphatic rings. The molecule has 1 nitrogen and oxygen atoms in total. The number of aliphatic imine (C=N–C) groups is 1. The molecule has 0 N–H and O–H groups in total. The summed E-state index contributed by atoms with van der Waals surface area (Å²) in [7, 11) is 1.82. The third kappa shape index (κ3) is 14.3. The minimum atomic E-state index is 0.963. The molecule has 0 heterocycles. The molecule has 0 aromatic heterocycles. The highest BCUT2D eigenvalue weighted by Crippen LogP contribution is 2.06. The van der Waals surface area contributed by atoms with E-state index in [0.717, 1.165) is 18.6 Å². The van der Waals surface area contributed by atoms with E-state index < -0.39 is 0 Å². The van der Waals surface area contributed by atoms with Crippen molar-refractivity contribution in [1.82, 2.24) is 0 Å². The van der Waals surface area contributed by atoms with Gasteiger partial charge in [-0.15, -0.1) is 6.58 Å². The van der Waals surface area contributed by atoms with E-state index in [9.17, 15) is 0 Å². The largest absolute Gasteiger partial charge is 0.293 e. The first-order valence-corrected chi connectivity index (χ1v) is 7.62. The molecule has 116 valence electrons. The Balaban J connectivity index is 0. The lowest BCUT2D eigenvalue weighted by Gasteiger charge is -1.96. The van der Waals surface area contributed by atoms with Crippen molar-refractivity contribution in [3.05, 3.63) is 72.9 Å². The number of nitrogens with zero attached hydrogens (tertiary/aromatic N) is 1. The van der Waals surface area contributed by atoms with E-state index in [4.69, 9.17) is 0 Å². The zero-order chi connectivity index (χ0) is 16.3. The van der Waals surface area contributed by atoms with Crippen LogP contribution in [0.5, 0.6) is 0 Å². The fourth-order valence-electron chi connectivity index (χ4n) is 1.31. The normalized spacial score (nSPS) is 14.0. The van der Waals surface area contributed by atoms with Crippen LogP contribution in [0, 0.1) is 0 Å². The van der Waals surface area contributed by atoms with Gasteiger partial charge in [0.15, 0.2) is 0 Å². The van der Waals surface area contributed by atoms with E-state index in [1.54, 1.807) is 0 Å². The summed E-state index contributed by atoms with van der Waals surface area (Å²) in [5.41, 5.74) is 2.30. The fourth-order valence-corrected chi connectivity index (χ4v) is 1.31. The molecule has 0 bridgehead atoms. The predicted octanol–water partition coefficient (Wildman–Crippen LogP) is 6.24. The van der Waals surface area contributed by atoms with Crippen LogP contribution in [0.2, 0.25) is 0 Å². The summed E-state index contributed by atoms with van der Waals surface area (Å²) in [6.45, 7) is 11.6. The van der Waals surface area contributed by atoms with Gasteiger partial charge >= 0.3 is 0 Å².